The average Bonchev–Trinajstić information content (AvgIpc) is 2.73. The van der Waals surface area contributed by atoms with E-state index in [4.69, 9.17) is 0 Å². The largest absolute Gasteiger partial charge is 0.359 e. The van der Waals surface area contributed by atoms with Crippen LogP contribution in [0.25, 0.3) is 17.1 Å². The van der Waals surface area contributed by atoms with Gasteiger partial charge in [0.15, 0.2) is 0 Å². The molecule has 17 heavy (non-hydrogen) atoms. The molecule has 1 atom stereocenters. The number of allylic oxidation sites excluding steroid dienone is 2. The minimum absolute atomic E-state index is 0.271. The number of hydrogen-bond donors (Lipinski definition) is 1. The van der Waals surface area contributed by atoms with E-state index in [1.807, 2.05) is 22.9 Å². The number of nitrogens with zero attached hydrogens (tertiary/aromatic N) is 2. The summed E-state index contributed by atoms with van der Waals surface area (Å²) in [6.45, 7) is 0. The average molecular weight is 221 g/mol. The van der Waals surface area contributed by atoms with E-state index in [0.717, 1.165) is 11.3 Å². The van der Waals surface area contributed by atoms with Crippen molar-refractivity contribution in [2.24, 2.45) is 0 Å². The molecular formula is C14H11N3. The second-order valence-corrected chi connectivity index (χ2v) is 4.31. The van der Waals surface area contributed by atoms with Crippen molar-refractivity contribution in [3.05, 3.63) is 54.1 Å². The van der Waals surface area contributed by atoms with Gasteiger partial charge in [-0.3, -0.25) is 0 Å². The highest BCUT2D eigenvalue weighted by molar-refractivity contribution is 5.92. The van der Waals surface area contributed by atoms with Crippen molar-refractivity contribution in [3.63, 3.8) is 0 Å². The Bertz CT molecular complexity index is 689. The van der Waals surface area contributed by atoms with Crippen LogP contribution in [0.2, 0.25) is 0 Å². The summed E-state index contributed by atoms with van der Waals surface area (Å²) in [6, 6.07) is 8.47. The van der Waals surface area contributed by atoms with Crippen LogP contribution in [-0.4, -0.2) is 15.8 Å². The van der Waals surface area contributed by atoms with Crippen LogP contribution < -0.4 is 5.32 Å². The zero-order valence-electron chi connectivity index (χ0n) is 9.17. The molecule has 0 bridgehead atoms. The van der Waals surface area contributed by atoms with E-state index in [0.29, 0.717) is 0 Å². The summed E-state index contributed by atoms with van der Waals surface area (Å²) < 4.78 is 1.93. The van der Waals surface area contributed by atoms with Crippen LogP contribution in [0.15, 0.2) is 54.1 Å². The molecule has 1 aromatic carbocycles. The van der Waals surface area contributed by atoms with Gasteiger partial charge in [0.25, 0.3) is 0 Å². The highest BCUT2D eigenvalue weighted by atomic mass is 15.3. The van der Waals surface area contributed by atoms with Crippen molar-refractivity contribution < 1.29 is 0 Å². The van der Waals surface area contributed by atoms with Crippen LogP contribution in [0, 0.1) is 0 Å². The molecule has 0 radical (unpaired) electrons. The van der Waals surface area contributed by atoms with Crippen molar-refractivity contribution in [2.45, 2.75) is 6.04 Å². The summed E-state index contributed by atoms with van der Waals surface area (Å²) in [5.41, 5.74) is 2.27. The van der Waals surface area contributed by atoms with Crippen LogP contribution >= 0.6 is 0 Å². The lowest BCUT2D eigenvalue weighted by Gasteiger charge is -2.24. The first-order valence-electron chi connectivity index (χ1n) is 5.72. The lowest BCUT2D eigenvalue weighted by atomic mass is 10.0. The number of aromatic nitrogens is 2. The monoisotopic (exact) mass is 221 g/mol. The smallest absolute Gasteiger partial charge is 0.137 e. The Balaban J connectivity index is 1.99. The third-order valence-corrected chi connectivity index (χ3v) is 3.23. The Labute approximate surface area is 98.7 Å². The fourth-order valence-corrected chi connectivity index (χ4v) is 2.39. The van der Waals surface area contributed by atoms with Gasteiger partial charge < -0.3 is 5.32 Å². The van der Waals surface area contributed by atoms with E-state index in [1.54, 1.807) is 0 Å². The second kappa shape index (κ2) is 3.10. The van der Waals surface area contributed by atoms with Gasteiger partial charge in [0.2, 0.25) is 0 Å². The Hall–Kier alpha value is -2.29. The molecule has 0 saturated carbocycles. The van der Waals surface area contributed by atoms with Crippen molar-refractivity contribution in [3.8, 4) is 0 Å². The molecule has 0 amide bonds. The van der Waals surface area contributed by atoms with E-state index in [9.17, 15) is 0 Å². The first kappa shape index (κ1) is 8.82. The highest BCUT2D eigenvalue weighted by Gasteiger charge is 2.21. The van der Waals surface area contributed by atoms with E-state index in [-0.39, 0.29) is 6.04 Å². The summed E-state index contributed by atoms with van der Waals surface area (Å²) in [7, 11) is 0. The maximum atomic E-state index is 4.56. The lowest BCUT2D eigenvalue weighted by Crippen LogP contribution is -2.25. The maximum absolute atomic E-state index is 4.56. The molecule has 1 aliphatic carbocycles. The van der Waals surface area contributed by atoms with Gasteiger partial charge >= 0.3 is 0 Å². The van der Waals surface area contributed by atoms with Crippen LogP contribution in [0.4, 0.5) is 5.82 Å². The molecule has 0 saturated heterocycles. The summed E-state index contributed by atoms with van der Waals surface area (Å²) in [6.07, 6.45) is 10.5. The Morgan fingerprint density at radius 3 is 3.12 bits per heavy atom. The van der Waals surface area contributed by atoms with Gasteiger partial charge in [0, 0.05) is 11.6 Å². The summed E-state index contributed by atoms with van der Waals surface area (Å²) >= 11 is 0. The van der Waals surface area contributed by atoms with E-state index >= 15 is 0 Å². The quantitative estimate of drug-likeness (QED) is 0.741. The molecule has 1 unspecified atom stereocenters. The maximum Gasteiger partial charge on any atom is 0.137 e. The van der Waals surface area contributed by atoms with Crippen molar-refractivity contribution >= 4 is 22.9 Å². The summed E-state index contributed by atoms with van der Waals surface area (Å²) in [5, 5.41) is 9.25. The zero-order chi connectivity index (χ0) is 11.2. The molecule has 2 aromatic rings. The number of benzene rings is 1. The number of anilines is 1. The molecule has 0 fully saturated rings. The number of nitrogens with one attached hydrogen (secondary N) is 1. The number of fused-ring (bicyclic) bond motifs is 4. The molecule has 0 spiro atoms. The van der Waals surface area contributed by atoms with Crippen LogP contribution in [0.5, 0.6) is 0 Å². The fourth-order valence-electron chi connectivity index (χ4n) is 2.39. The molecule has 1 aromatic heterocycles. The Kier molecular flexibility index (Phi) is 1.61. The van der Waals surface area contributed by atoms with E-state index in [1.165, 1.54) is 11.0 Å². The van der Waals surface area contributed by atoms with Crippen LogP contribution in [-0.2, 0) is 0 Å². The third kappa shape index (κ3) is 1.19. The highest BCUT2D eigenvalue weighted by Crippen LogP contribution is 2.30. The number of rotatable bonds is 0. The van der Waals surface area contributed by atoms with Gasteiger partial charge in [-0.05, 0) is 17.7 Å². The van der Waals surface area contributed by atoms with Gasteiger partial charge in [0.1, 0.15) is 5.82 Å². The first-order valence-corrected chi connectivity index (χ1v) is 5.72. The van der Waals surface area contributed by atoms with Crippen LogP contribution in [0.1, 0.15) is 0 Å². The van der Waals surface area contributed by atoms with Gasteiger partial charge in [-0.1, -0.05) is 36.4 Å². The standard InChI is InChI=1S/C14H11N3/c1-3-7-12-10(5-1)9-17-14(15-12)11-6-2-4-8-13(11)16-17/h1-9,12,15H. The zero-order valence-corrected chi connectivity index (χ0v) is 9.17. The molecule has 82 valence electrons. The molecule has 2 heterocycles. The SMILES string of the molecule is C1=CC2=Cn3nc4ccccc4c3NC2C=C1. The van der Waals surface area contributed by atoms with Crippen molar-refractivity contribution in [1.29, 1.82) is 0 Å². The molecule has 3 nitrogen and oxygen atoms in total. The second-order valence-electron chi connectivity index (χ2n) is 4.31. The minimum Gasteiger partial charge on any atom is -0.359 e. The first-order chi connectivity index (χ1) is 8.42. The molecule has 1 aliphatic heterocycles. The topological polar surface area (TPSA) is 29.9 Å². The van der Waals surface area contributed by atoms with E-state index < -0.39 is 0 Å². The normalized spacial score (nSPS) is 20.7. The van der Waals surface area contributed by atoms with Gasteiger partial charge in [-0.15, -0.1) is 0 Å². The molecule has 3 heteroatoms. The van der Waals surface area contributed by atoms with Crippen LogP contribution in [0.3, 0.4) is 0 Å². The predicted octanol–water partition coefficient (Wildman–Crippen LogP) is 2.80. The third-order valence-electron chi connectivity index (χ3n) is 3.23. The van der Waals surface area contributed by atoms with Gasteiger partial charge in [0.05, 0.1) is 11.6 Å². The molecule has 4 rings (SSSR count). The summed E-state index contributed by atoms with van der Waals surface area (Å²) in [4.78, 5) is 0. The van der Waals surface area contributed by atoms with Gasteiger partial charge in [-0.2, -0.15) is 5.10 Å². The Morgan fingerprint density at radius 1 is 1.18 bits per heavy atom. The van der Waals surface area contributed by atoms with Crippen molar-refractivity contribution in [2.75, 3.05) is 5.32 Å². The van der Waals surface area contributed by atoms with E-state index in [2.05, 4.69) is 47.0 Å². The Morgan fingerprint density at radius 2 is 2.12 bits per heavy atom. The van der Waals surface area contributed by atoms with Crippen molar-refractivity contribution in [1.82, 2.24) is 9.78 Å². The predicted molar refractivity (Wildman–Crippen MR) is 69.7 cm³/mol. The molecular weight excluding hydrogens is 210 g/mol. The minimum atomic E-state index is 0.271. The number of hydrogen-bond acceptors (Lipinski definition) is 2. The lowest BCUT2D eigenvalue weighted by molar-refractivity contribution is 0.881. The fraction of sp³-hybridized carbons (Fsp3) is 0.0714. The molecule has 1 N–H and O–H groups in total. The van der Waals surface area contributed by atoms with Gasteiger partial charge in [-0.25, -0.2) is 4.68 Å². The molecule has 2 aliphatic rings. The summed E-state index contributed by atoms with van der Waals surface area (Å²) in [5.74, 6) is 1.08.